The van der Waals surface area contributed by atoms with Crippen LogP contribution in [0.5, 0.6) is 0 Å². The molecule has 1 rings (SSSR count). The Bertz CT molecular complexity index is 167. The number of rotatable bonds is 9. The van der Waals surface area contributed by atoms with Crippen molar-refractivity contribution in [3.8, 4) is 0 Å². The minimum atomic E-state index is 0.339. The molecule has 1 saturated heterocycles. The highest BCUT2D eigenvalue weighted by Gasteiger charge is 2.26. The van der Waals surface area contributed by atoms with Gasteiger partial charge in [-0.3, -0.25) is 0 Å². The average Bonchev–Trinajstić information content (AvgIpc) is 3.07. The summed E-state index contributed by atoms with van der Waals surface area (Å²) < 4.78 is 16.1. The summed E-state index contributed by atoms with van der Waals surface area (Å²) in [5.74, 6) is 0. The van der Waals surface area contributed by atoms with Gasteiger partial charge in [-0.1, -0.05) is 13.8 Å². The molecule has 0 aromatic heterocycles. The van der Waals surface area contributed by atoms with Gasteiger partial charge < -0.3 is 13.9 Å². The number of epoxide rings is 1. The van der Waals surface area contributed by atoms with Crippen LogP contribution < -0.4 is 0 Å². The first-order valence-electron chi connectivity index (χ1n) is 5.94. The predicted molar refractivity (Wildman–Crippen MR) is 64.1 cm³/mol. The molecule has 15 heavy (non-hydrogen) atoms. The number of hydrogen-bond acceptors (Lipinski definition) is 3. The first-order chi connectivity index (χ1) is 7.26. The molecule has 1 aliphatic heterocycles. The molecule has 0 bridgehead atoms. The number of hydrogen-bond donors (Lipinski definition) is 0. The third-order valence-electron chi connectivity index (χ3n) is 3.43. The van der Waals surface area contributed by atoms with Gasteiger partial charge in [-0.05, 0) is 24.7 Å². The Hall–Kier alpha value is 0.0969. The first-order valence-corrected chi connectivity index (χ1v) is 6.76. The summed E-state index contributed by atoms with van der Waals surface area (Å²) in [5, 5.41) is 0. The van der Waals surface area contributed by atoms with Crippen LogP contribution in [-0.2, 0) is 13.9 Å². The normalized spacial score (nSPS) is 20.8. The Morgan fingerprint density at radius 3 is 2.53 bits per heavy atom. The molecule has 1 heterocycles. The van der Waals surface area contributed by atoms with Crippen LogP contribution >= 0.6 is 0 Å². The predicted octanol–water partition coefficient (Wildman–Crippen LogP) is 0.895. The quantitative estimate of drug-likeness (QED) is 0.336. The van der Waals surface area contributed by atoms with Gasteiger partial charge >= 0.3 is 0 Å². The zero-order chi connectivity index (χ0) is 11.1. The Morgan fingerprint density at radius 1 is 1.40 bits per heavy atom. The molecule has 1 atom stereocenters. The molecular formula is C11H24O3Si. The summed E-state index contributed by atoms with van der Waals surface area (Å²) in [4.78, 5) is 0. The largest absolute Gasteiger partial charge is 0.427 e. The molecule has 0 aromatic carbocycles. The molecule has 0 radical (unpaired) electrons. The second-order valence-electron chi connectivity index (χ2n) is 4.42. The van der Waals surface area contributed by atoms with E-state index in [0.29, 0.717) is 11.5 Å². The topological polar surface area (TPSA) is 31.0 Å². The molecule has 0 amide bonds. The molecule has 1 aliphatic rings. The molecular weight excluding hydrogens is 208 g/mol. The van der Waals surface area contributed by atoms with E-state index in [2.05, 4.69) is 13.8 Å². The van der Waals surface area contributed by atoms with Crippen molar-refractivity contribution < 1.29 is 13.9 Å². The van der Waals surface area contributed by atoms with E-state index in [1.165, 1.54) is 12.8 Å². The van der Waals surface area contributed by atoms with Crippen molar-refractivity contribution in [1.29, 1.82) is 0 Å². The first kappa shape index (κ1) is 13.2. The summed E-state index contributed by atoms with van der Waals surface area (Å²) in [7, 11) is 0.835. The molecule has 1 fully saturated rings. The van der Waals surface area contributed by atoms with Crippen molar-refractivity contribution in [3.05, 3.63) is 0 Å². The van der Waals surface area contributed by atoms with Gasteiger partial charge in [-0.15, -0.1) is 0 Å². The van der Waals surface area contributed by atoms with Gasteiger partial charge in [0.25, 0.3) is 0 Å². The van der Waals surface area contributed by atoms with E-state index in [1.807, 2.05) is 0 Å². The van der Waals surface area contributed by atoms with E-state index in [4.69, 9.17) is 13.9 Å². The lowest BCUT2D eigenvalue weighted by Gasteiger charge is -2.31. The van der Waals surface area contributed by atoms with Gasteiger partial charge in [0.2, 0.25) is 0 Å². The Kier molecular flexibility index (Phi) is 5.82. The lowest BCUT2D eigenvalue weighted by Crippen LogP contribution is -2.27. The highest BCUT2D eigenvalue weighted by atomic mass is 28.2. The standard InChI is InChI=1S/C11H24O3Si/c1-3-11(4-2,9-14-15)5-6-12-7-10-8-13-10/h10H,3-9H2,1-2,15H3. The molecule has 0 aliphatic carbocycles. The van der Waals surface area contributed by atoms with Crippen LogP contribution in [0.3, 0.4) is 0 Å². The Morgan fingerprint density at radius 2 is 2.07 bits per heavy atom. The molecule has 0 saturated carbocycles. The SMILES string of the molecule is CCC(CC)(CCOCC1CO1)CO[SiH3]. The fourth-order valence-electron chi connectivity index (χ4n) is 1.85. The minimum absolute atomic E-state index is 0.339. The highest BCUT2D eigenvalue weighted by Crippen LogP contribution is 2.30. The van der Waals surface area contributed by atoms with Gasteiger partial charge in [-0.25, -0.2) is 0 Å². The summed E-state index contributed by atoms with van der Waals surface area (Å²) in [6, 6.07) is 0. The molecule has 0 spiro atoms. The third-order valence-corrected chi connectivity index (χ3v) is 3.72. The summed E-state index contributed by atoms with van der Waals surface area (Å²) in [6.45, 7) is 7.88. The second-order valence-corrected chi connectivity index (χ2v) is 5.00. The van der Waals surface area contributed by atoms with Crippen LogP contribution in [0.2, 0.25) is 0 Å². The van der Waals surface area contributed by atoms with Crippen LogP contribution in [0.4, 0.5) is 0 Å². The van der Waals surface area contributed by atoms with E-state index in [1.54, 1.807) is 0 Å². The van der Waals surface area contributed by atoms with Gasteiger partial charge in [0.1, 0.15) is 16.6 Å². The van der Waals surface area contributed by atoms with E-state index >= 15 is 0 Å². The Balaban J connectivity index is 2.16. The molecule has 1 unspecified atom stereocenters. The zero-order valence-electron chi connectivity index (χ0n) is 10.3. The summed E-state index contributed by atoms with van der Waals surface area (Å²) in [6.07, 6.45) is 3.84. The van der Waals surface area contributed by atoms with Crippen LogP contribution in [-0.4, -0.2) is 43.0 Å². The van der Waals surface area contributed by atoms with Crippen molar-refractivity contribution in [1.82, 2.24) is 0 Å². The molecule has 4 heteroatoms. The molecule has 3 nitrogen and oxygen atoms in total. The summed E-state index contributed by atoms with van der Waals surface area (Å²) in [5.41, 5.74) is 0.339. The maximum Gasteiger partial charge on any atom is 0.145 e. The van der Waals surface area contributed by atoms with Crippen molar-refractivity contribution in [2.45, 2.75) is 39.2 Å². The van der Waals surface area contributed by atoms with Crippen LogP contribution in [0, 0.1) is 5.41 Å². The average molecular weight is 232 g/mol. The van der Waals surface area contributed by atoms with Gasteiger partial charge in [0, 0.05) is 13.2 Å². The summed E-state index contributed by atoms with van der Waals surface area (Å²) >= 11 is 0. The van der Waals surface area contributed by atoms with E-state index in [0.717, 1.165) is 43.3 Å². The molecule has 0 aromatic rings. The van der Waals surface area contributed by atoms with Gasteiger partial charge in [0.15, 0.2) is 0 Å². The highest BCUT2D eigenvalue weighted by molar-refractivity contribution is 5.97. The van der Waals surface area contributed by atoms with Gasteiger partial charge in [0.05, 0.1) is 13.2 Å². The molecule has 90 valence electrons. The fraction of sp³-hybridized carbons (Fsp3) is 1.00. The van der Waals surface area contributed by atoms with Crippen molar-refractivity contribution in [2.75, 3.05) is 26.4 Å². The zero-order valence-corrected chi connectivity index (χ0v) is 12.3. The van der Waals surface area contributed by atoms with E-state index < -0.39 is 0 Å². The van der Waals surface area contributed by atoms with Gasteiger partial charge in [-0.2, -0.15) is 0 Å². The van der Waals surface area contributed by atoms with Crippen LogP contribution in [0.1, 0.15) is 33.1 Å². The lowest BCUT2D eigenvalue weighted by molar-refractivity contribution is 0.0552. The smallest absolute Gasteiger partial charge is 0.145 e. The number of ether oxygens (including phenoxy) is 2. The maximum absolute atomic E-state index is 5.59. The monoisotopic (exact) mass is 232 g/mol. The third kappa shape index (κ3) is 4.63. The van der Waals surface area contributed by atoms with Crippen LogP contribution in [0.25, 0.3) is 0 Å². The fourth-order valence-corrected chi connectivity index (χ4v) is 2.47. The van der Waals surface area contributed by atoms with E-state index in [9.17, 15) is 0 Å². The van der Waals surface area contributed by atoms with E-state index in [-0.39, 0.29) is 0 Å². The van der Waals surface area contributed by atoms with Crippen LogP contribution in [0.15, 0.2) is 0 Å². The minimum Gasteiger partial charge on any atom is -0.427 e. The second kappa shape index (κ2) is 6.63. The van der Waals surface area contributed by atoms with Crippen molar-refractivity contribution in [3.63, 3.8) is 0 Å². The molecule has 0 N–H and O–H groups in total. The van der Waals surface area contributed by atoms with Crippen molar-refractivity contribution >= 4 is 10.5 Å². The Labute approximate surface area is 96.0 Å². The lowest BCUT2D eigenvalue weighted by atomic mass is 9.80. The maximum atomic E-state index is 5.59. The van der Waals surface area contributed by atoms with Crippen molar-refractivity contribution in [2.24, 2.45) is 5.41 Å².